The van der Waals surface area contributed by atoms with Crippen molar-refractivity contribution in [3.05, 3.63) is 28.1 Å². The zero-order chi connectivity index (χ0) is 11.8. The van der Waals surface area contributed by atoms with E-state index in [9.17, 15) is 0 Å². The number of pyridine rings is 1. The summed E-state index contributed by atoms with van der Waals surface area (Å²) >= 11 is 3.60. The Kier molecular flexibility index (Phi) is 2.90. The molecule has 0 aromatic carbocycles. The smallest absolute Gasteiger partial charge is 0.157 e. The molecule has 0 amide bonds. The van der Waals surface area contributed by atoms with E-state index < -0.39 is 0 Å². The van der Waals surface area contributed by atoms with Crippen molar-refractivity contribution in [2.75, 3.05) is 0 Å². The molecular formula is C13H16BrN3. The van der Waals surface area contributed by atoms with E-state index in [1.807, 2.05) is 4.52 Å². The van der Waals surface area contributed by atoms with Crippen LogP contribution in [-0.4, -0.2) is 14.6 Å². The van der Waals surface area contributed by atoms with E-state index in [1.54, 1.807) is 0 Å². The van der Waals surface area contributed by atoms with Crippen LogP contribution >= 0.6 is 15.9 Å². The van der Waals surface area contributed by atoms with Crippen LogP contribution in [-0.2, 0) is 6.42 Å². The lowest BCUT2D eigenvalue weighted by atomic mass is 9.99. The van der Waals surface area contributed by atoms with Gasteiger partial charge in [-0.05, 0) is 52.4 Å². The molecule has 17 heavy (non-hydrogen) atoms. The van der Waals surface area contributed by atoms with Gasteiger partial charge in [0.1, 0.15) is 4.60 Å². The number of hydrogen-bond acceptors (Lipinski definition) is 2. The fraction of sp³-hybridized carbons (Fsp3) is 0.538. The zero-order valence-electron chi connectivity index (χ0n) is 9.99. The van der Waals surface area contributed by atoms with Gasteiger partial charge in [-0.1, -0.05) is 19.8 Å². The van der Waals surface area contributed by atoms with Gasteiger partial charge >= 0.3 is 0 Å². The first-order chi connectivity index (χ1) is 8.28. The molecular weight excluding hydrogens is 278 g/mol. The van der Waals surface area contributed by atoms with Crippen LogP contribution < -0.4 is 0 Å². The van der Waals surface area contributed by atoms with Gasteiger partial charge in [0.2, 0.25) is 0 Å². The van der Waals surface area contributed by atoms with Crippen LogP contribution in [0.1, 0.15) is 49.9 Å². The van der Waals surface area contributed by atoms with Crippen molar-refractivity contribution in [1.29, 1.82) is 0 Å². The minimum atomic E-state index is 0.720. The molecule has 0 atom stereocenters. The van der Waals surface area contributed by atoms with Gasteiger partial charge in [-0.25, -0.2) is 9.50 Å². The molecule has 0 spiro atoms. The Balaban J connectivity index is 2.09. The number of aromatic nitrogens is 3. The molecule has 3 nitrogen and oxygen atoms in total. The maximum absolute atomic E-state index is 4.55. The minimum Gasteiger partial charge on any atom is -0.212 e. The Morgan fingerprint density at radius 2 is 2.12 bits per heavy atom. The minimum absolute atomic E-state index is 0.720. The highest BCUT2D eigenvalue weighted by atomic mass is 79.9. The lowest BCUT2D eigenvalue weighted by molar-refractivity contribution is 0.719. The molecule has 0 bridgehead atoms. The predicted octanol–water partition coefficient (Wildman–Crippen LogP) is 3.71. The molecule has 4 heteroatoms. The molecule has 2 aromatic heterocycles. The van der Waals surface area contributed by atoms with Crippen LogP contribution in [0.3, 0.4) is 0 Å². The van der Waals surface area contributed by atoms with Crippen molar-refractivity contribution in [1.82, 2.24) is 14.6 Å². The topological polar surface area (TPSA) is 30.2 Å². The summed E-state index contributed by atoms with van der Waals surface area (Å²) in [6.07, 6.45) is 6.24. The van der Waals surface area contributed by atoms with Gasteiger partial charge in [0.25, 0.3) is 0 Å². The fourth-order valence-electron chi connectivity index (χ4n) is 2.65. The van der Waals surface area contributed by atoms with Gasteiger partial charge in [-0.3, -0.25) is 0 Å². The third kappa shape index (κ3) is 1.99. The zero-order valence-corrected chi connectivity index (χ0v) is 11.6. The van der Waals surface area contributed by atoms with Crippen molar-refractivity contribution in [3.8, 4) is 0 Å². The summed E-state index contributed by atoms with van der Waals surface area (Å²) < 4.78 is 2.90. The Labute approximate surface area is 109 Å². The average Bonchev–Trinajstić information content (AvgIpc) is 2.97. The van der Waals surface area contributed by atoms with E-state index >= 15 is 0 Å². The third-order valence-corrected chi connectivity index (χ3v) is 4.17. The first kappa shape index (κ1) is 11.2. The summed E-state index contributed by atoms with van der Waals surface area (Å²) in [5.74, 6) is 1.63. The molecule has 0 N–H and O–H groups in total. The number of fused-ring (bicyclic) bond motifs is 1. The monoisotopic (exact) mass is 293 g/mol. The van der Waals surface area contributed by atoms with E-state index in [4.69, 9.17) is 0 Å². The first-order valence-corrected chi connectivity index (χ1v) is 7.12. The molecule has 0 unspecified atom stereocenters. The van der Waals surface area contributed by atoms with Crippen LogP contribution in [0.25, 0.3) is 5.65 Å². The number of halogens is 1. The van der Waals surface area contributed by atoms with E-state index in [0.29, 0.717) is 0 Å². The second kappa shape index (κ2) is 4.41. The molecule has 0 radical (unpaired) electrons. The molecule has 2 aromatic rings. The van der Waals surface area contributed by atoms with E-state index in [0.717, 1.165) is 28.4 Å². The summed E-state index contributed by atoms with van der Waals surface area (Å²) in [5.41, 5.74) is 2.38. The lowest BCUT2D eigenvalue weighted by Crippen LogP contribution is -1.97. The Morgan fingerprint density at radius 1 is 1.35 bits per heavy atom. The summed E-state index contributed by atoms with van der Waals surface area (Å²) in [7, 11) is 0. The average molecular weight is 294 g/mol. The van der Waals surface area contributed by atoms with Gasteiger partial charge in [0.15, 0.2) is 11.5 Å². The molecule has 1 aliphatic rings. The molecule has 1 aliphatic carbocycles. The van der Waals surface area contributed by atoms with Gasteiger partial charge in [-0.15, -0.1) is 0 Å². The van der Waals surface area contributed by atoms with Crippen molar-refractivity contribution in [2.45, 2.75) is 44.9 Å². The van der Waals surface area contributed by atoms with Crippen molar-refractivity contribution in [3.63, 3.8) is 0 Å². The summed E-state index contributed by atoms with van der Waals surface area (Å²) in [6, 6.07) is 4.41. The van der Waals surface area contributed by atoms with Gasteiger partial charge in [0, 0.05) is 6.42 Å². The highest BCUT2D eigenvalue weighted by Gasteiger charge is 2.19. The number of hydrogen-bond donors (Lipinski definition) is 0. The summed E-state index contributed by atoms with van der Waals surface area (Å²) in [6.45, 7) is 2.08. The maximum atomic E-state index is 4.55. The number of nitrogens with zero attached hydrogens (tertiary/aromatic N) is 3. The first-order valence-electron chi connectivity index (χ1n) is 6.33. The van der Waals surface area contributed by atoms with Crippen LogP contribution in [0.4, 0.5) is 0 Å². The summed E-state index contributed by atoms with van der Waals surface area (Å²) in [5, 5.41) is 4.46. The number of rotatable bonds is 2. The molecule has 0 aliphatic heterocycles. The molecule has 1 saturated carbocycles. The van der Waals surface area contributed by atoms with E-state index in [2.05, 4.69) is 45.1 Å². The number of aryl methyl sites for hydroxylation is 1. The van der Waals surface area contributed by atoms with Gasteiger partial charge in [-0.2, -0.15) is 5.10 Å². The Morgan fingerprint density at radius 3 is 2.82 bits per heavy atom. The predicted molar refractivity (Wildman–Crippen MR) is 71.3 cm³/mol. The Bertz CT molecular complexity index is 541. The molecule has 90 valence electrons. The van der Waals surface area contributed by atoms with Crippen LogP contribution in [0.5, 0.6) is 0 Å². The molecule has 3 rings (SSSR count). The third-order valence-electron chi connectivity index (χ3n) is 3.60. The Hall–Kier alpha value is -0.900. The highest BCUT2D eigenvalue weighted by molar-refractivity contribution is 9.10. The van der Waals surface area contributed by atoms with E-state index in [-0.39, 0.29) is 0 Å². The molecule has 2 heterocycles. The molecule has 1 fully saturated rings. The lowest BCUT2D eigenvalue weighted by Gasteiger charge is -2.10. The van der Waals surface area contributed by atoms with Gasteiger partial charge < -0.3 is 0 Å². The largest absolute Gasteiger partial charge is 0.212 e. The highest BCUT2D eigenvalue weighted by Crippen LogP contribution is 2.35. The second-order valence-corrected chi connectivity index (χ2v) is 5.56. The fourth-order valence-corrected chi connectivity index (χ4v) is 3.18. The normalized spacial score (nSPS) is 17.1. The van der Waals surface area contributed by atoms with Crippen molar-refractivity contribution >= 4 is 21.6 Å². The maximum Gasteiger partial charge on any atom is 0.157 e. The van der Waals surface area contributed by atoms with Gasteiger partial charge in [0.05, 0.1) is 0 Å². The van der Waals surface area contributed by atoms with Crippen molar-refractivity contribution in [2.24, 2.45) is 0 Å². The second-order valence-electron chi connectivity index (χ2n) is 4.74. The summed E-state index contributed by atoms with van der Waals surface area (Å²) in [4.78, 5) is 4.55. The standard InChI is InChI=1S/C13H16BrN3/c1-2-12-15-13-8-10(9-5-3-4-6-9)7-11(14)17(13)16-12/h7-9H,2-6H2,1H3. The van der Waals surface area contributed by atoms with Crippen LogP contribution in [0.2, 0.25) is 0 Å². The van der Waals surface area contributed by atoms with Crippen LogP contribution in [0, 0.1) is 0 Å². The quantitative estimate of drug-likeness (QED) is 0.790. The molecule has 0 saturated heterocycles. The SMILES string of the molecule is CCc1nc2cc(C3CCCC3)cc(Br)n2n1. The van der Waals surface area contributed by atoms with Crippen LogP contribution in [0.15, 0.2) is 16.7 Å². The van der Waals surface area contributed by atoms with E-state index in [1.165, 1.54) is 31.2 Å². The van der Waals surface area contributed by atoms with Crippen molar-refractivity contribution < 1.29 is 0 Å².